The van der Waals surface area contributed by atoms with Gasteiger partial charge in [0.25, 0.3) is 0 Å². The number of nitrogens with zero attached hydrogens (tertiary/aromatic N) is 4. The normalized spacial score (nSPS) is 23.6. The molecule has 7 nitrogen and oxygen atoms in total. The van der Waals surface area contributed by atoms with Crippen molar-refractivity contribution in [3.05, 3.63) is 23.7 Å². The van der Waals surface area contributed by atoms with E-state index in [1.165, 1.54) is 10.6 Å². The topological polar surface area (TPSA) is 106 Å². The minimum atomic E-state index is -1.05. The minimum absolute atomic E-state index is 0.00587. The number of hydrogen-bond acceptors (Lipinski definition) is 5. The molecule has 100 valence electrons. The molecule has 1 aliphatic rings. The molecule has 0 radical (unpaired) electrons. The van der Waals surface area contributed by atoms with Crippen molar-refractivity contribution in [3.8, 4) is 0 Å². The maximum atomic E-state index is 11.0. The first kappa shape index (κ1) is 12.0. The van der Waals surface area contributed by atoms with Gasteiger partial charge in [-0.05, 0) is 31.4 Å². The van der Waals surface area contributed by atoms with E-state index in [0.717, 1.165) is 25.7 Å². The lowest BCUT2D eigenvalue weighted by Crippen LogP contribution is -2.28. The quantitative estimate of drug-likeness (QED) is 0.828. The summed E-state index contributed by atoms with van der Waals surface area (Å²) < 4.78 is 1.53. The average Bonchev–Trinajstić information content (AvgIpc) is 2.81. The van der Waals surface area contributed by atoms with Crippen LogP contribution in [0, 0.1) is 0 Å². The van der Waals surface area contributed by atoms with Gasteiger partial charge in [-0.3, -0.25) is 0 Å². The van der Waals surface area contributed by atoms with Crippen molar-refractivity contribution in [1.29, 1.82) is 0 Å². The number of aromatic carboxylic acids is 1. The molecule has 1 aliphatic carbocycles. The lowest BCUT2D eigenvalue weighted by atomic mass is 9.86. The molecule has 2 aromatic heterocycles. The summed E-state index contributed by atoms with van der Waals surface area (Å²) in [4.78, 5) is 11.0. The van der Waals surface area contributed by atoms with E-state index in [-0.39, 0.29) is 17.7 Å². The Morgan fingerprint density at radius 3 is 2.95 bits per heavy atom. The van der Waals surface area contributed by atoms with Crippen molar-refractivity contribution in [3.63, 3.8) is 0 Å². The molecular weight excluding hydrogens is 246 g/mol. The molecule has 0 aliphatic heterocycles. The first-order valence-corrected chi connectivity index (χ1v) is 6.36. The van der Waals surface area contributed by atoms with Crippen LogP contribution in [0.4, 0.5) is 0 Å². The molecule has 7 heteroatoms. The van der Waals surface area contributed by atoms with Gasteiger partial charge in [0.1, 0.15) is 0 Å². The van der Waals surface area contributed by atoms with Gasteiger partial charge >= 0.3 is 5.97 Å². The fourth-order valence-corrected chi connectivity index (χ4v) is 2.64. The number of carboxylic acids is 1. The van der Waals surface area contributed by atoms with E-state index in [1.54, 1.807) is 6.07 Å². The third-order valence-corrected chi connectivity index (χ3v) is 3.59. The van der Waals surface area contributed by atoms with Crippen molar-refractivity contribution in [2.45, 2.75) is 37.6 Å². The zero-order valence-electron chi connectivity index (χ0n) is 10.4. The summed E-state index contributed by atoms with van der Waals surface area (Å²) in [7, 11) is 0. The van der Waals surface area contributed by atoms with Crippen LogP contribution in [0.2, 0.25) is 0 Å². The molecular formula is C12H15N5O2. The molecule has 19 heavy (non-hydrogen) atoms. The van der Waals surface area contributed by atoms with Crippen molar-refractivity contribution in [2.24, 2.45) is 5.73 Å². The number of fused-ring (bicyclic) bond motifs is 1. The zero-order valence-corrected chi connectivity index (χ0v) is 10.4. The maximum absolute atomic E-state index is 11.0. The SMILES string of the molecule is N[C@@H]1CCC[C@H](c2nnc3ccc(C(=O)O)nn23)C1. The van der Waals surface area contributed by atoms with Gasteiger partial charge in [-0.15, -0.1) is 10.2 Å². The van der Waals surface area contributed by atoms with Crippen LogP contribution in [0.15, 0.2) is 12.1 Å². The lowest BCUT2D eigenvalue weighted by molar-refractivity contribution is 0.0688. The molecule has 0 unspecified atom stereocenters. The number of carboxylic acid groups (broad SMARTS) is 1. The first-order chi connectivity index (χ1) is 9.15. The number of nitrogens with two attached hydrogens (primary N) is 1. The molecule has 1 saturated carbocycles. The van der Waals surface area contributed by atoms with Crippen molar-refractivity contribution >= 4 is 11.6 Å². The molecule has 0 saturated heterocycles. The Morgan fingerprint density at radius 2 is 2.21 bits per heavy atom. The van der Waals surface area contributed by atoms with Crippen molar-refractivity contribution in [2.75, 3.05) is 0 Å². The standard InChI is InChI=1S/C12H15N5O2/c13-8-3-1-2-7(6-8)11-15-14-10-5-4-9(12(18)19)16-17(10)11/h4-5,7-8H,1-3,6,13H2,(H,18,19)/t7-,8+/m0/s1. The summed E-state index contributed by atoms with van der Waals surface area (Å²) in [6, 6.07) is 3.23. The van der Waals surface area contributed by atoms with Gasteiger partial charge in [0, 0.05) is 12.0 Å². The monoisotopic (exact) mass is 261 g/mol. The van der Waals surface area contributed by atoms with Crippen LogP contribution in [0.25, 0.3) is 5.65 Å². The van der Waals surface area contributed by atoms with Gasteiger partial charge in [-0.25, -0.2) is 4.79 Å². The van der Waals surface area contributed by atoms with Crippen LogP contribution in [0.5, 0.6) is 0 Å². The fourth-order valence-electron chi connectivity index (χ4n) is 2.64. The summed E-state index contributed by atoms with van der Waals surface area (Å²) in [5, 5.41) is 21.3. The Labute approximate surface area is 109 Å². The molecule has 0 spiro atoms. The molecule has 0 aromatic carbocycles. The summed E-state index contributed by atoms with van der Waals surface area (Å²) >= 11 is 0. The predicted molar refractivity (Wildman–Crippen MR) is 66.9 cm³/mol. The van der Waals surface area contributed by atoms with Crippen LogP contribution in [-0.4, -0.2) is 36.9 Å². The highest BCUT2D eigenvalue weighted by molar-refractivity contribution is 5.85. The summed E-state index contributed by atoms with van der Waals surface area (Å²) in [6.07, 6.45) is 3.92. The van der Waals surface area contributed by atoms with Crippen molar-refractivity contribution < 1.29 is 9.90 Å². The van der Waals surface area contributed by atoms with Gasteiger partial charge in [-0.2, -0.15) is 9.61 Å². The maximum Gasteiger partial charge on any atom is 0.356 e. The Kier molecular flexibility index (Phi) is 2.90. The van der Waals surface area contributed by atoms with Gasteiger partial charge in [-0.1, -0.05) is 6.42 Å². The van der Waals surface area contributed by atoms with E-state index >= 15 is 0 Å². The number of rotatable bonds is 2. The van der Waals surface area contributed by atoms with E-state index in [9.17, 15) is 4.79 Å². The largest absolute Gasteiger partial charge is 0.476 e. The van der Waals surface area contributed by atoms with Gasteiger partial charge in [0.2, 0.25) is 0 Å². The van der Waals surface area contributed by atoms with Crippen molar-refractivity contribution in [1.82, 2.24) is 19.8 Å². The van der Waals surface area contributed by atoms with Gasteiger partial charge < -0.3 is 10.8 Å². The second-order valence-corrected chi connectivity index (χ2v) is 4.98. The lowest BCUT2D eigenvalue weighted by Gasteiger charge is -2.24. The molecule has 2 heterocycles. The highest BCUT2D eigenvalue weighted by atomic mass is 16.4. The van der Waals surface area contributed by atoms with E-state index in [2.05, 4.69) is 15.3 Å². The molecule has 0 bridgehead atoms. The first-order valence-electron chi connectivity index (χ1n) is 6.36. The summed E-state index contributed by atoms with van der Waals surface area (Å²) in [5.41, 5.74) is 6.54. The fraction of sp³-hybridized carbons (Fsp3) is 0.500. The van der Waals surface area contributed by atoms with E-state index < -0.39 is 5.97 Å². The van der Waals surface area contributed by atoms with E-state index in [4.69, 9.17) is 10.8 Å². The number of hydrogen-bond donors (Lipinski definition) is 2. The third-order valence-electron chi connectivity index (χ3n) is 3.59. The smallest absolute Gasteiger partial charge is 0.356 e. The molecule has 3 N–H and O–H groups in total. The van der Waals surface area contributed by atoms with Gasteiger partial charge in [0.15, 0.2) is 17.2 Å². The number of aromatic nitrogens is 4. The van der Waals surface area contributed by atoms with Crippen LogP contribution >= 0.6 is 0 Å². The van der Waals surface area contributed by atoms with Crippen LogP contribution < -0.4 is 5.73 Å². The van der Waals surface area contributed by atoms with Gasteiger partial charge in [0.05, 0.1) is 0 Å². The summed E-state index contributed by atoms with van der Waals surface area (Å²) in [5.74, 6) is -0.134. The number of carbonyl (C=O) groups is 1. The summed E-state index contributed by atoms with van der Waals surface area (Å²) in [6.45, 7) is 0. The van der Waals surface area contributed by atoms with Crippen LogP contribution in [-0.2, 0) is 0 Å². The molecule has 3 rings (SSSR count). The molecule has 0 amide bonds. The highest BCUT2D eigenvalue weighted by Gasteiger charge is 2.25. The molecule has 1 fully saturated rings. The average molecular weight is 261 g/mol. The van der Waals surface area contributed by atoms with Crippen LogP contribution in [0.1, 0.15) is 47.9 Å². The molecule has 2 aromatic rings. The second kappa shape index (κ2) is 4.58. The zero-order chi connectivity index (χ0) is 13.4. The third kappa shape index (κ3) is 2.17. The van der Waals surface area contributed by atoms with Crippen LogP contribution in [0.3, 0.4) is 0 Å². The Balaban J connectivity index is 2.03. The molecule has 2 atom stereocenters. The second-order valence-electron chi connectivity index (χ2n) is 4.98. The Morgan fingerprint density at radius 1 is 1.37 bits per heavy atom. The Hall–Kier alpha value is -2.02. The highest BCUT2D eigenvalue weighted by Crippen LogP contribution is 2.30. The van der Waals surface area contributed by atoms with E-state index in [0.29, 0.717) is 11.5 Å². The minimum Gasteiger partial charge on any atom is -0.476 e. The van der Waals surface area contributed by atoms with E-state index in [1.807, 2.05) is 0 Å². The Bertz CT molecular complexity index is 624. The predicted octanol–water partition coefficient (Wildman–Crippen LogP) is 0.807.